The molecule has 0 saturated carbocycles. The summed E-state index contributed by atoms with van der Waals surface area (Å²) in [7, 11) is 0. The van der Waals surface area contributed by atoms with Crippen LogP contribution in [0, 0.1) is 13.8 Å². The van der Waals surface area contributed by atoms with E-state index in [9.17, 15) is 35.9 Å². The number of para-hydroxylation sites is 1. The number of H-pyrrole nitrogens is 1. The highest BCUT2D eigenvalue weighted by Crippen LogP contribution is 2.41. The Morgan fingerprint density at radius 2 is 1.61 bits per heavy atom. The van der Waals surface area contributed by atoms with Crippen molar-refractivity contribution in [2.75, 3.05) is 16.8 Å². The number of amides is 2. The lowest BCUT2D eigenvalue weighted by atomic mass is 9.84. The van der Waals surface area contributed by atoms with Crippen LogP contribution in [-0.2, 0) is 27.4 Å². The summed E-state index contributed by atoms with van der Waals surface area (Å²) in [5.41, 5.74) is -3.45. The van der Waals surface area contributed by atoms with Gasteiger partial charge < -0.3 is 15.2 Å². The van der Waals surface area contributed by atoms with Gasteiger partial charge in [-0.05, 0) is 43.2 Å². The van der Waals surface area contributed by atoms with Crippen LogP contribution < -0.4 is 10.2 Å². The molecule has 12 heteroatoms. The number of alkyl halides is 6. The van der Waals surface area contributed by atoms with Crippen molar-refractivity contribution in [2.24, 2.45) is 0 Å². The molecule has 0 aliphatic carbocycles. The number of imidazole rings is 1. The first-order valence-corrected chi connectivity index (χ1v) is 10.7. The Kier molecular flexibility index (Phi) is 6.09. The molecule has 1 aliphatic heterocycles. The average Bonchev–Trinajstić information content (AvgIpc) is 3.42. The molecule has 0 radical (unpaired) electrons. The zero-order chi connectivity index (χ0) is 26.5. The minimum atomic E-state index is -5.08. The van der Waals surface area contributed by atoms with Crippen molar-refractivity contribution >= 4 is 23.2 Å². The molecular weight excluding hydrogens is 490 g/mol. The number of anilines is 2. The fourth-order valence-corrected chi connectivity index (χ4v) is 4.43. The van der Waals surface area contributed by atoms with Gasteiger partial charge in [0, 0.05) is 30.3 Å². The van der Waals surface area contributed by atoms with Gasteiger partial charge in [0.25, 0.3) is 0 Å². The second-order valence-corrected chi connectivity index (χ2v) is 8.67. The van der Waals surface area contributed by atoms with Crippen LogP contribution in [0.15, 0.2) is 48.8 Å². The van der Waals surface area contributed by atoms with Crippen LogP contribution in [0.5, 0.6) is 0 Å². The van der Waals surface area contributed by atoms with Crippen LogP contribution in [0.2, 0.25) is 0 Å². The van der Waals surface area contributed by atoms with Gasteiger partial charge in [-0.3, -0.25) is 9.59 Å². The highest BCUT2D eigenvalue weighted by molar-refractivity contribution is 6.09. The molecule has 0 spiro atoms. The third-order valence-electron chi connectivity index (χ3n) is 6.12. The molecule has 2 amide bonds. The van der Waals surface area contributed by atoms with E-state index in [1.807, 2.05) is 0 Å². The summed E-state index contributed by atoms with van der Waals surface area (Å²) in [6, 6.07) is 6.17. The number of rotatable bonds is 4. The summed E-state index contributed by atoms with van der Waals surface area (Å²) in [6.07, 6.45) is -7.82. The van der Waals surface area contributed by atoms with Crippen molar-refractivity contribution in [3.05, 3.63) is 76.9 Å². The lowest BCUT2D eigenvalue weighted by Crippen LogP contribution is -2.44. The zero-order valence-corrected chi connectivity index (χ0v) is 19.0. The largest absolute Gasteiger partial charge is 0.416 e. The van der Waals surface area contributed by atoms with Gasteiger partial charge in [-0.1, -0.05) is 18.2 Å². The van der Waals surface area contributed by atoms with Crippen LogP contribution in [0.1, 0.15) is 34.5 Å². The van der Waals surface area contributed by atoms with Crippen molar-refractivity contribution in [1.82, 2.24) is 9.97 Å². The number of aryl methyl sites for hydroxylation is 2. The maximum absolute atomic E-state index is 13.5. The third kappa shape index (κ3) is 4.54. The molecule has 1 saturated heterocycles. The van der Waals surface area contributed by atoms with Crippen molar-refractivity contribution < 1.29 is 35.9 Å². The van der Waals surface area contributed by atoms with Crippen molar-refractivity contribution in [3.8, 4) is 0 Å². The maximum Gasteiger partial charge on any atom is 0.416 e. The normalized spacial score (nSPS) is 18.6. The van der Waals surface area contributed by atoms with E-state index < -0.39 is 52.8 Å². The van der Waals surface area contributed by atoms with E-state index in [0.29, 0.717) is 17.8 Å². The monoisotopic (exact) mass is 510 g/mol. The lowest BCUT2D eigenvalue weighted by molar-refractivity contribution is -0.143. The van der Waals surface area contributed by atoms with Gasteiger partial charge in [0.05, 0.1) is 17.5 Å². The van der Waals surface area contributed by atoms with Gasteiger partial charge in [0.15, 0.2) is 0 Å². The summed E-state index contributed by atoms with van der Waals surface area (Å²) in [4.78, 5) is 34.9. The molecule has 1 unspecified atom stereocenters. The third-order valence-corrected chi connectivity index (χ3v) is 6.12. The molecule has 3 aromatic rings. The van der Waals surface area contributed by atoms with Crippen LogP contribution in [0.4, 0.5) is 37.7 Å². The van der Waals surface area contributed by atoms with E-state index in [2.05, 4.69) is 15.3 Å². The van der Waals surface area contributed by atoms with Crippen LogP contribution in [-0.4, -0.2) is 28.3 Å². The fraction of sp³-hybridized carbons (Fsp3) is 0.292. The first-order valence-electron chi connectivity index (χ1n) is 10.7. The van der Waals surface area contributed by atoms with E-state index in [-0.39, 0.29) is 18.4 Å². The van der Waals surface area contributed by atoms with Crippen molar-refractivity contribution in [2.45, 2.75) is 38.0 Å². The molecule has 2 N–H and O–H groups in total. The Balaban J connectivity index is 1.77. The predicted octanol–water partition coefficient (Wildman–Crippen LogP) is 5.38. The Labute approximate surface area is 201 Å². The van der Waals surface area contributed by atoms with Gasteiger partial charge in [0.2, 0.25) is 11.8 Å². The minimum absolute atomic E-state index is 0.0280. The Hall–Kier alpha value is -3.83. The Morgan fingerprint density at radius 1 is 1.03 bits per heavy atom. The second-order valence-electron chi connectivity index (χ2n) is 8.67. The molecule has 0 bridgehead atoms. The van der Waals surface area contributed by atoms with Gasteiger partial charge in [-0.2, -0.15) is 26.3 Å². The summed E-state index contributed by atoms with van der Waals surface area (Å²) < 4.78 is 79.8. The molecule has 1 fully saturated rings. The SMILES string of the molecule is Cc1cccc(C)c1N1CC(C(=O)Nc2cc(C(F)(F)F)cc(C(F)(F)F)c2)(c2ncc[nH]2)CC1=O. The summed E-state index contributed by atoms with van der Waals surface area (Å²) in [6.45, 7) is 3.34. The summed E-state index contributed by atoms with van der Waals surface area (Å²) >= 11 is 0. The van der Waals surface area contributed by atoms with Crippen LogP contribution >= 0.6 is 0 Å². The minimum Gasteiger partial charge on any atom is -0.348 e. The lowest BCUT2D eigenvalue weighted by Gasteiger charge is -2.27. The fourth-order valence-electron chi connectivity index (χ4n) is 4.43. The molecule has 4 rings (SSSR count). The van der Waals surface area contributed by atoms with Crippen molar-refractivity contribution in [1.29, 1.82) is 0 Å². The quantitative estimate of drug-likeness (QED) is 0.463. The summed E-state index contributed by atoms with van der Waals surface area (Å²) in [5.74, 6) is -1.35. The molecule has 1 aliphatic rings. The molecule has 190 valence electrons. The van der Waals surface area contributed by atoms with Crippen LogP contribution in [0.25, 0.3) is 0 Å². The number of hydrogen-bond donors (Lipinski definition) is 2. The number of nitrogens with one attached hydrogen (secondary N) is 2. The van der Waals surface area contributed by atoms with Gasteiger partial charge in [-0.15, -0.1) is 0 Å². The highest BCUT2D eigenvalue weighted by Gasteiger charge is 2.53. The number of carbonyl (C=O) groups excluding carboxylic acids is 2. The number of aromatic amines is 1. The topological polar surface area (TPSA) is 78.1 Å². The first kappa shape index (κ1) is 25.3. The molecule has 1 atom stereocenters. The number of aromatic nitrogens is 2. The first-order chi connectivity index (χ1) is 16.7. The molecule has 36 heavy (non-hydrogen) atoms. The van der Waals surface area contributed by atoms with Gasteiger partial charge >= 0.3 is 12.4 Å². The maximum atomic E-state index is 13.5. The standard InChI is InChI=1S/C24H20F6N4O2/c1-13-4-3-5-14(2)19(13)34-12-22(11-18(34)35,20-31-6-7-32-20)21(36)33-17-9-15(23(25,26)27)8-16(10-17)24(28,29)30/h3-10H,11-12H2,1-2H3,(H,31,32)(H,33,36). The molecule has 1 aromatic heterocycles. The number of carbonyl (C=O) groups is 2. The Morgan fingerprint density at radius 3 is 2.11 bits per heavy atom. The molecule has 2 aromatic carbocycles. The molecule has 6 nitrogen and oxygen atoms in total. The second kappa shape index (κ2) is 8.68. The number of nitrogens with zero attached hydrogens (tertiary/aromatic N) is 2. The number of halogens is 6. The summed E-state index contributed by atoms with van der Waals surface area (Å²) in [5, 5.41) is 2.18. The average molecular weight is 510 g/mol. The van der Waals surface area contributed by atoms with Gasteiger partial charge in [0.1, 0.15) is 11.2 Å². The highest BCUT2D eigenvalue weighted by atomic mass is 19.4. The predicted molar refractivity (Wildman–Crippen MR) is 118 cm³/mol. The van der Waals surface area contributed by atoms with Crippen LogP contribution in [0.3, 0.4) is 0 Å². The molecular formula is C24H20F6N4O2. The van der Waals surface area contributed by atoms with E-state index >= 15 is 0 Å². The smallest absolute Gasteiger partial charge is 0.348 e. The van der Waals surface area contributed by atoms with Crippen molar-refractivity contribution in [3.63, 3.8) is 0 Å². The Bertz CT molecular complexity index is 1260. The van der Waals surface area contributed by atoms with Gasteiger partial charge in [-0.25, -0.2) is 4.98 Å². The van der Waals surface area contributed by atoms with E-state index in [4.69, 9.17) is 0 Å². The van der Waals surface area contributed by atoms with E-state index in [0.717, 1.165) is 11.1 Å². The number of benzene rings is 2. The zero-order valence-electron chi connectivity index (χ0n) is 19.0. The number of hydrogen-bond acceptors (Lipinski definition) is 3. The van der Waals surface area contributed by atoms with E-state index in [1.165, 1.54) is 17.3 Å². The molecule has 2 heterocycles. The van der Waals surface area contributed by atoms with E-state index in [1.54, 1.807) is 32.0 Å².